The molecule has 1 amide bonds. The Hall–Kier alpha value is -3.03. The molecule has 0 bridgehead atoms. The molecule has 0 aliphatic rings. The van der Waals surface area contributed by atoms with E-state index in [1.165, 1.54) is 19.4 Å². The van der Waals surface area contributed by atoms with Crippen molar-refractivity contribution in [2.75, 3.05) is 5.32 Å². The lowest BCUT2D eigenvalue weighted by Crippen LogP contribution is -2.17. The summed E-state index contributed by atoms with van der Waals surface area (Å²) in [5, 5.41) is 5.77. The van der Waals surface area contributed by atoms with Crippen molar-refractivity contribution < 1.29 is 22.4 Å². The molecule has 0 fully saturated rings. The van der Waals surface area contributed by atoms with Gasteiger partial charge in [0.1, 0.15) is 0 Å². The molecule has 2 heterocycles. The van der Waals surface area contributed by atoms with Crippen LogP contribution in [-0.2, 0) is 13.2 Å². The fourth-order valence-electron chi connectivity index (χ4n) is 2.27. The maximum absolute atomic E-state index is 13.0. The number of nitrogens with zero attached hydrogens (tertiary/aromatic N) is 2. The summed E-state index contributed by atoms with van der Waals surface area (Å²) in [4.78, 5) is 12.3. The first-order valence-electron chi connectivity index (χ1n) is 6.91. The van der Waals surface area contributed by atoms with Crippen molar-refractivity contribution in [1.29, 1.82) is 0 Å². The molecule has 8 heteroatoms. The van der Waals surface area contributed by atoms with Crippen molar-refractivity contribution in [3.8, 4) is 11.3 Å². The third kappa shape index (κ3) is 3.03. The van der Waals surface area contributed by atoms with Gasteiger partial charge in [-0.25, -0.2) is 0 Å². The summed E-state index contributed by atoms with van der Waals surface area (Å²) < 4.78 is 45.2. The predicted octanol–water partition coefficient (Wildman–Crippen LogP) is 3.95. The maximum atomic E-state index is 13.0. The van der Waals surface area contributed by atoms with Crippen molar-refractivity contribution >= 4 is 11.6 Å². The molecular weight excluding hydrogens is 323 g/mol. The van der Waals surface area contributed by atoms with Crippen LogP contribution in [0, 0.1) is 0 Å². The minimum atomic E-state index is -4.72. The van der Waals surface area contributed by atoms with E-state index < -0.39 is 23.3 Å². The highest BCUT2D eigenvalue weighted by atomic mass is 19.4. The number of carbonyl (C=O) groups is 1. The molecule has 3 aromatic rings. The number of nitrogens with one attached hydrogen (secondary N) is 1. The zero-order valence-electron chi connectivity index (χ0n) is 12.5. The Bertz CT molecular complexity index is 866. The number of amides is 1. The van der Waals surface area contributed by atoms with E-state index in [9.17, 15) is 18.0 Å². The van der Waals surface area contributed by atoms with Crippen molar-refractivity contribution in [3.63, 3.8) is 0 Å². The Morgan fingerprint density at radius 3 is 2.58 bits per heavy atom. The van der Waals surface area contributed by atoms with Gasteiger partial charge in [-0.15, -0.1) is 0 Å². The lowest BCUT2D eigenvalue weighted by molar-refractivity contribution is -0.141. The second-order valence-corrected chi connectivity index (χ2v) is 5.05. The SMILES string of the molecule is Cn1cc(C(=O)Nc2ccoc2-c2ccccc2)c(C(F)(F)F)n1. The van der Waals surface area contributed by atoms with Crippen LogP contribution in [0.5, 0.6) is 0 Å². The zero-order valence-corrected chi connectivity index (χ0v) is 12.5. The van der Waals surface area contributed by atoms with Crippen molar-refractivity contribution in [2.24, 2.45) is 7.05 Å². The highest BCUT2D eigenvalue weighted by Crippen LogP contribution is 2.32. The third-order valence-electron chi connectivity index (χ3n) is 3.29. The standard InChI is InChI=1S/C16H12F3N3O2/c1-22-9-11(14(21-22)16(17,18)19)15(23)20-12-7-8-24-13(12)10-5-3-2-4-6-10/h2-9H,1H3,(H,20,23). The van der Waals surface area contributed by atoms with E-state index in [-0.39, 0.29) is 5.69 Å². The first kappa shape index (κ1) is 15.9. The second kappa shape index (κ2) is 5.88. The van der Waals surface area contributed by atoms with E-state index in [0.29, 0.717) is 11.3 Å². The van der Waals surface area contributed by atoms with E-state index in [0.717, 1.165) is 10.9 Å². The highest BCUT2D eigenvalue weighted by Gasteiger charge is 2.39. The Kier molecular flexibility index (Phi) is 3.88. The molecule has 2 aromatic heterocycles. The van der Waals surface area contributed by atoms with E-state index in [1.54, 1.807) is 24.3 Å². The summed E-state index contributed by atoms with van der Waals surface area (Å²) in [5.74, 6) is -0.546. The monoisotopic (exact) mass is 335 g/mol. The summed E-state index contributed by atoms with van der Waals surface area (Å²) in [6, 6.07) is 10.4. The normalized spacial score (nSPS) is 11.5. The van der Waals surface area contributed by atoms with Crippen LogP contribution in [0.1, 0.15) is 16.1 Å². The number of anilines is 1. The van der Waals surface area contributed by atoms with Crippen LogP contribution in [-0.4, -0.2) is 15.7 Å². The van der Waals surface area contributed by atoms with Crippen LogP contribution in [0.2, 0.25) is 0 Å². The lowest BCUT2D eigenvalue weighted by Gasteiger charge is -2.07. The van der Waals surface area contributed by atoms with Crippen LogP contribution in [0.4, 0.5) is 18.9 Å². The molecule has 0 aliphatic heterocycles. The van der Waals surface area contributed by atoms with E-state index >= 15 is 0 Å². The number of carbonyl (C=O) groups excluding carboxylic acids is 1. The molecule has 124 valence electrons. The minimum Gasteiger partial charge on any atom is -0.462 e. The molecule has 1 aromatic carbocycles. The van der Waals surface area contributed by atoms with E-state index in [1.807, 2.05) is 6.07 Å². The summed E-state index contributed by atoms with van der Waals surface area (Å²) in [6.07, 6.45) is -2.33. The van der Waals surface area contributed by atoms with Gasteiger partial charge in [-0.1, -0.05) is 30.3 Å². The van der Waals surface area contributed by atoms with Crippen LogP contribution in [0.3, 0.4) is 0 Å². The molecular formula is C16H12F3N3O2. The molecule has 0 atom stereocenters. The zero-order chi connectivity index (χ0) is 17.3. The molecule has 0 spiro atoms. The van der Waals surface area contributed by atoms with Crippen molar-refractivity contribution in [2.45, 2.75) is 6.18 Å². The molecule has 5 nitrogen and oxygen atoms in total. The first-order chi connectivity index (χ1) is 11.4. The van der Waals surface area contributed by atoms with Gasteiger partial charge in [0.25, 0.3) is 5.91 Å². The summed E-state index contributed by atoms with van der Waals surface area (Å²) in [6.45, 7) is 0. The minimum absolute atomic E-state index is 0.281. The van der Waals surface area contributed by atoms with Gasteiger partial charge in [-0.05, 0) is 0 Å². The quantitative estimate of drug-likeness (QED) is 0.788. The topological polar surface area (TPSA) is 60.1 Å². The summed E-state index contributed by atoms with van der Waals surface area (Å²) in [5.41, 5.74) is -0.805. The molecule has 0 aliphatic carbocycles. The molecule has 3 rings (SSSR count). The largest absolute Gasteiger partial charge is 0.462 e. The number of furan rings is 1. The lowest BCUT2D eigenvalue weighted by atomic mass is 10.1. The number of rotatable bonds is 3. The Balaban J connectivity index is 1.92. The Labute approximate surface area is 134 Å². The molecule has 0 saturated carbocycles. The number of hydrogen-bond acceptors (Lipinski definition) is 3. The van der Waals surface area contributed by atoms with Crippen molar-refractivity contribution in [3.05, 3.63) is 60.1 Å². The highest BCUT2D eigenvalue weighted by molar-refractivity contribution is 6.06. The number of aromatic nitrogens is 2. The van der Waals surface area contributed by atoms with Gasteiger partial charge in [0.05, 0.1) is 17.5 Å². The number of hydrogen-bond donors (Lipinski definition) is 1. The van der Waals surface area contributed by atoms with Crippen LogP contribution >= 0.6 is 0 Å². The molecule has 0 radical (unpaired) electrons. The van der Waals surface area contributed by atoms with E-state index in [2.05, 4.69) is 10.4 Å². The average molecular weight is 335 g/mol. The maximum Gasteiger partial charge on any atom is 0.435 e. The molecule has 1 N–H and O–H groups in total. The number of alkyl halides is 3. The predicted molar refractivity (Wildman–Crippen MR) is 80.3 cm³/mol. The van der Waals surface area contributed by atoms with Gasteiger partial charge in [0.2, 0.25) is 0 Å². The third-order valence-corrected chi connectivity index (χ3v) is 3.29. The smallest absolute Gasteiger partial charge is 0.435 e. The van der Waals surface area contributed by atoms with E-state index in [4.69, 9.17) is 4.42 Å². The van der Waals surface area contributed by atoms with Gasteiger partial charge < -0.3 is 9.73 Å². The summed E-state index contributed by atoms with van der Waals surface area (Å²) in [7, 11) is 1.32. The average Bonchev–Trinajstić information content (AvgIpc) is 3.14. The van der Waals surface area contributed by atoms with Gasteiger partial charge in [-0.3, -0.25) is 9.48 Å². The first-order valence-corrected chi connectivity index (χ1v) is 6.91. The van der Waals surface area contributed by atoms with Gasteiger partial charge in [-0.2, -0.15) is 18.3 Å². The molecule has 0 unspecified atom stereocenters. The molecule has 24 heavy (non-hydrogen) atoms. The van der Waals surface area contributed by atoms with Crippen LogP contribution in [0.15, 0.2) is 53.3 Å². The number of benzene rings is 1. The Morgan fingerprint density at radius 2 is 1.92 bits per heavy atom. The van der Waals surface area contributed by atoms with Crippen LogP contribution in [0.25, 0.3) is 11.3 Å². The van der Waals surface area contributed by atoms with Crippen molar-refractivity contribution in [1.82, 2.24) is 9.78 Å². The number of aryl methyl sites for hydroxylation is 1. The Morgan fingerprint density at radius 1 is 1.21 bits per heavy atom. The second-order valence-electron chi connectivity index (χ2n) is 5.05. The van der Waals surface area contributed by atoms with Crippen LogP contribution < -0.4 is 5.32 Å². The summed E-state index contributed by atoms with van der Waals surface area (Å²) >= 11 is 0. The van der Waals surface area contributed by atoms with Gasteiger partial charge in [0.15, 0.2) is 11.5 Å². The van der Waals surface area contributed by atoms with Gasteiger partial charge in [0, 0.05) is 24.9 Å². The van der Waals surface area contributed by atoms with Gasteiger partial charge >= 0.3 is 6.18 Å². The number of halogens is 3. The fourth-order valence-corrected chi connectivity index (χ4v) is 2.27. The fraction of sp³-hybridized carbons (Fsp3) is 0.125. The molecule has 0 saturated heterocycles.